The third-order valence-electron chi connectivity index (χ3n) is 4.18. The van der Waals surface area contributed by atoms with E-state index < -0.39 is 4.92 Å². The molecule has 0 unspecified atom stereocenters. The number of guanidine groups is 1. The highest BCUT2D eigenvalue weighted by molar-refractivity contribution is 5.80. The van der Waals surface area contributed by atoms with Gasteiger partial charge in [0.05, 0.1) is 17.6 Å². The van der Waals surface area contributed by atoms with Gasteiger partial charge in [-0.1, -0.05) is 12.1 Å². The molecule has 1 aliphatic carbocycles. The lowest BCUT2D eigenvalue weighted by Crippen LogP contribution is -2.45. The minimum Gasteiger partial charge on any atom is -0.393 e. The Morgan fingerprint density at radius 1 is 1.32 bits per heavy atom. The number of anilines is 1. The Morgan fingerprint density at radius 3 is 2.72 bits per heavy atom. The van der Waals surface area contributed by atoms with Crippen LogP contribution in [0.3, 0.4) is 0 Å². The Labute approximate surface area is 147 Å². The lowest BCUT2D eigenvalue weighted by molar-refractivity contribution is -0.384. The second kappa shape index (κ2) is 9.83. The van der Waals surface area contributed by atoms with E-state index in [-0.39, 0.29) is 11.8 Å². The van der Waals surface area contributed by atoms with Crippen molar-refractivity contribution in [2.75, 3.05) is 25.0 Å². The molecule has 0 aliphatic heterocycles. The van der Waals surface area contributed by atoms with Gasteiger partial charge in [-0.15, -0.1) is 0 Å². The maximum atomic E-state index is 11.0. The van der Waals surface area contributed by atoms with Crippen molar-refractivity contribution < 1.29 is 10.0 Å². The monoisotopic (exact) mass is 349 g/mol. The number of aliphatic hydroxyl groups is 1. The first-order chi connectivity index (χ1) is 12.1. The van der Waals surface area contributed by atoms with Crippen molar-refractivity contribution in [2.24, 2.45) is 4.99 Å². The molecule has 4 N–H and O–H groups in total. The van der Waals surface area contributed by atoms with E-state index in [1.807, 2.05) is 6.92 Å². The van der Waals surface area contributed by atoms with Gasteiger partial charge in [-0.05, 0) is 38.7 Å². The van der Waals surface area contributed by atoms with Crippen molar-refractivity contribution in [2.45, 2.75) is 44.8 Å². The molecule has 1 aromatic rings. The molecule has 2 rings (SSSR count). The predicted molar refractivity (Wildman–Crippen MR) is 99.0 cm³/mol. The normalized spacial score (nSPS) is 20.8. The van der Waals surface area contributed by atoms with Gasteiger partial charge in [0, 0.05) is 25.2 Å². The van der Waals surface area contributed by atoms with Crippen molar-refractivity contribution in [3.05, 3.63) is 34.4 Å². The summed E-state index contributed by atoms with van der Waals surface area (Å²) >= 11 is 0. The fraction of sp³-hybridized carbons (Fsp3) is 0.588. The van der Waals surface area contributed by atoms with Gasteiger partial charge in [0.15, 0.2) is 5.96 Å². The number of hydrogen-bond donors (Lipinski definition) is 4. The molecule has 25 heavy (non-hydrogen) atoms. The summed E-state index contributed by atoms with van der Waals surface area (Å²) in [4.78, 5) is 15.1. The summed E-state index contributed by atoms with van der Waals surface area (Å²) in [5.74, 6) is 0.744. The van der Waals surface area contributed by atoms with Crippen LogP contribution in [0.2, 0.25) is 0 Å². The molecule has 1 aromatic carbocycles. The predicted octanol–water partition coefficient (Wildman–Crippen LogP) is 1.87. The molecule has 0 atom stereocenters. The number of rotatable bonds is 7. The summed E-state index contributed by atoms with van der Waals surface area (Å²) in [6.07, 6.45) is 3.32. The largest absolute Gasteiger partial charge is 0.393 e. The van der Waals surface area contributed by atoms with Gasteiger partial charge in [-0.25, -0.2) is 0 Å². The van der Waals surface area contributed by atoms with Crippen LogP contribution in [-0.4, -0.2) is 47.8 Å². The van der Waals surface area contributed by atoms with Crippen LogP contribution in [0.1, 0.15) is 32.6 Å². The first kappa shape index (κ1) is 19.0. The minimum absolute atomic E-state index is 0.0669. The zero-order valence-electron chi connectivity index (χ0n) is 14.6. The molecule has 0 spiro atoms. The van der Waals surface area contributed by atoms with Crippen LogP contribution in [0.4, 0.5) is 11.4 Å². The fourth-order valence-electron chi connectivity index (χ4n) is 2.87. The van der Waals surface area contributed by atoms with E-state index in [1.165, 1.54) is 6.07 Å². The quantitative estimate of drug-likeness (QED) is 0.197. The molecule has 1 fully saturated rings. The average molecular weight is 349 g/mol. The molecule has 8 heteroatoms. The molecule has 0 aromatic heterocycles. The molecular formula is C17H27N5O3. The fourth-order valence-corrected chi connectivity index (χ4v) is 2.87. The second-order valence-corrected chi connectivity index (χ2v) is 6.11. The van der Waals surface area contributed by atoms with Crippen LogP contribution in [0.5, 0.6) is 0 Å². The highest BCUT2D eigenvalue weighted by Gasteiger charge is 2.19. The van der Waals surface area contributed by atoms with Crippen LogP contribution in [0.25, 0.3) is 0 Å². The van der Waals surface area contributed by atoms with E-state index in [0.717, 1.165) is 38.2 Å². The maximum absolute atomic E-state index is 11.0. The number of aliphatic hydroxyl groups excluding tert-OH is 1. The van der Waals surface area contributed by atoms with Crippen molar-refractivity contribution >= 4 is 17.3 Å². The molecule has 0 radical (unpaired) electrons. The van der Waals surface area contributed by atoms with Crippen LogP contribution >= 0.6 is 0 Å². The van der Waals surface area contributed by atoms with Gasteiger partial charge < -0.3 is 21.1 Å². The Kier molecular flexibility index (Phi) is 7.46. The highest BCUT2D eigenvalue weighted by atomic mass is 16.6. The Hall–Kier alpha value is -2.35. The summed E-state index contributed by atoms with van der Waals surface area (Å²) in [5, 5.41) is 30.2. The van der Waals surface area contributed by atoms with Crippen LogP contribution in [0.15, 0.2) is 29.3 Å². The summed E-state index contributed by atoms with van der Waals surface area (Å²) in [6, 6.07) is 6.91. The van der Waals surface area contributed by atoms with Gasteiger partial charge in [-0.2, -0.15) is 0 Å². The maximum Gasteiger partial charge on any atom is 0.292 e. The Balaban J connectivity index is 1.84. The number of nitrogens with one attached hydrogen (secondary N) is 3. The smallest absolute Gasteiger partial charge is 0.292 e. The minimum atomic E-state index is -0.394. The zero-order valence-corrected chi connectivity index (χ0v) is 14.6. The lowest BCUT2D eigenvalue weighted by Gasteiger charge is -2.27. The van der Waals surface area contributed by atoms with Gasteiger partial charge in [-0.3, -0.25) is 15.1 Å². The molecular weight excluding hydrogens is 322 g/mol. The van der Waals surface area contributed by atoms with E-state index in [4.69, 9.17) is 0 Å². The molecule has 0 bridgehead atoms. The van der Waals surface area contributed by atoms with E-state index >= 15 is 0 Å². The van der Waals surface area contributed by atoms with Gasteiger partial charge >= 0.3 is 0 Å². The topological polar surface area (TPSA) is 112 Å². The third-order valence-corrected chi connectivity index (χ3v) is 4.18. The lowest BCUT2D eigenvalue weighted by atomic mass is 9.93. The Bertz CT molecular complexity index is 585. The van der Waals surface area contributed by atoms with Crippen LogP contribution < -0.4 is 16.0 Å². The molecule has 1 aliphatic rings. The van der Waals surface area contributed by atoms with Crippen molar-refractivity contribution in [1.29, 1.82) is 0 Å². The number of para-hydroxylation sites is 2. The standard InChI is InChI=1S/C17H27N5O3/c1-2-18-17(21-13-7-9-14(23)10-8-13)20-12-11-19-15-5-3-4-6-16(15)22(24)25/h3-6,13-14,19,23H,2,7-12H2,1H3,(H2,18,20,21). The second-order valence-electron chi connectivity index (χ2n) is 6.11. The van der Waals surface area contributed by atoms with Gasteiger partial charge in [0.1, 0.15) is 5.69 Å². The average Bonchev–Trinajstić information content (AvgIpc) is 2.61. The number of aliphatic imine (C=N–C) groups is 1. The first-order valence-electron chi connectivity index (χ1n) is 8.80. The molecule has 8 nitrogen and oxygen atoms in total. The van der Waals surface area contributed by atoms with Gasteiger partial charge in [0.25, 0.3) is 5.69 Å². The van der Waals surface area contributed by atoms with Crippen molar-refractivity contribution in [1.82, 2.24) is 10.6 Å². The summed E-state index contributed by atoms with van der Waals surface area (Å²) in [6.45, 7) is 3.77. The third kappa shape index (κ3) is 6.22. The summed E-state index contributed by atoms with van der Waals surface area (Å²) in [7, 11) is 0. The Morgan fingerprint density at radius 2 is 2.04 bits per heavy atom. The summed E-state index contributed by atoms with van der Waals surface area (Å²) in [5.41, 5.74) is 0.569. The van der Waals surface area contributed by atoms with Crippen molar-refractivity contribution in [3.8, 4) is 0 Å². The zero-order chi connectivity index (χ0) is 18.1. The van der Waals surface area contributed by atoms with Gasteiger partial charge in [0.2, 0.25) is 0 Å². The molecule has 0 saturated heterocycles. The number of hydrogen-bond acceptors (Lipinski definition) is 5. The summed E-state index contributed by atoms with van der Waals surface area (Å²) < 4.78 is 0. The van der Waals surface area contributed by atoms with Crippen LogP contribution in [-0.2, 0) is 0 Å². The molecule has 1 saturated carbocycles. The number of nitro benzene ring substituents is 1. The van der Waals surface area contributed by atoms with E-state index in [9.17, 15) is 15.2 Å². The molecule has 0 amide bonds. The molecule has 0 heterocycles. The highest BCUT2D eigenvalue weighted by Crippen LogP contribution is 2.22. The van der Waals surface area contributed by atoms with Crippen molar-refractivity contribution in [3.63, 3.8) is 0 Å². The van der Waals surface area contributed by atoms with E-state index in [1.54, 1.807) is 18.2 Å². The number of nitro groups is 1. The SMILES string of the molecule is CCNC(=NCCNc1ccccc1[N+](=O)[O-])NC1CCC(O)CC1. The molecule has 138 valence electrons. The van der Waals surface area contributed by atoms with E-state index in [0.29, 0.717) is 24.8 Å². The number of nitrogens with zero attached hydrogens (tertiary/aromatic N) is 2. The van der Waals surface area contributed by atoms with E-state index in [2.05, 4.69) is 20.9 Å². The number of benzene rings is 1. The van der Waals surface area contributed by atoms with Crippen LogP contribution in [0, 0.1) is 10.1 Å². The first-order valence-corrected chi connectivity index (χ1v) is 8.80.